The summed E-state index contributed by atoms with van der Waals surface area (Å²) in [6.07, 6.45) is 2.76. The van der Waals surface area contributed by atoms with E-state index in [4.69, 9.17) is 0 Å². The van der Waals surface area contributed by atoms with Gasteiger partial charge in [0.2, 0.25) is 6.41 Å². The molecule has 0 saturated carbocycles. The molecule has 3 nitrogen and oxygen atoms in total. The Morgan fingerprint density at radius 2 is 2.27 bits per heavy atom. The van der Waals surface area contributed by atoms with Crippen molar-refractivity contribution in [1.29, 1.82) is 0 Å². The number of aliphatic hydroxyl groups is 1. The van der Waals surface area contributed by atoms with Gasteiger partial charge in [0.1, 0.15) is 0 Å². The van der Waals surface area contributed by atoms with Crippen LogP contribution in [0.1, 0.15) is 26.7 Å². The Morgan fingerprint density at radius 1 is 1.64 bits per heavy atom. The maximum atomic E-state index is 10.5. The van der Waals surface area contributed by atoms with Gasteiger partial charge >= 0.3 is 0 Å². The molecule has 1 fully saturated rings. The summed E-state index contributed by atoms with van der Waals surface area (Å²) in [5.41, 5.74) is -0.753. The van der Waals surface area contributed by atoms with Gasteiger partial charge in [0.15, 0.2) is 0 Å². The van der Waals surface area contributed by atoms with E-state index >= 15 is 0 Å². The zero-order valence-electron chi connectivity index (χ0n) is 7.08. The molecule has 0 bridgehead atoms. The second-order valence-corrected chi connectivity index (χ2v) is 3.65. The lowest BCUT2D eigenvalue weighted by Crippen LogP contribution is -2.44. The highest BCUT2D eigenvalue weighted by atomic mass is 16.3. The first-order valence-electron chi connectivity index (χ1n) is 3.99. The number of nitrogens with zero attached hydrogens (tertiary/aromatic N) is 1. The van der Waals surface area contributed by atoms with Gasteiger partial charge in [0, 0.05) is 6.54 Å². The van der Waals surface area contributed by atoms with E-state index in [1.807, 2.05) is 0 Å². The molecule has 1 N–H and O–H groups in total. The van der Waals surface area contributed by atoms with Crippen LogP contribution in [0, 0.1) is 0 Å². The van der Waals surface area contributed by atoms with Crippen molar-refractivity contribution in [2.45, 2.75) is 38.3 Å². The highest BCUT2D eigenvalue weighted by molar-refractivity contribution is 5.48. The highest BCUT2D eigenvalue weighted by Gasteiger charge is 2.34. The van der Waals surface area contributed by atoms with Crippen molar-refractivity contribution < 1.29 is 9.90 Å². The van der Waals surface area contributed by atoms with Crippen molar-refractivity contribution in [3.05, 3.63) is 0 Å². The van der Waals surface area contributed by atoms with E-state index < -0.39 is 5.60 Å². The van der Waals surface area contributed by atoms with Crippen molar-refractivity contribution in [2.24, 2.45) is 0 Å². The fourth-order valence-electron chi connectivity index (χ4n) is 1.67. The lowest BCUT2D eigenvalue weighted by atomic mass is 9.97. The van der Waals surface area contributed by atoms with Crippen molar-refractivity contribution in [3.8, 4) is 0 Å². The quantitative estimate of drug-likeness (QED) is 0.589. The first-order valence-corrected chi connectivity index (χ1v) is 3.99. The molecule has 1 aliphatic heterocycles. The zero-order chi connectivity index (χ0) is 8.48. The van der Waals surface area contributed by atoms with Crippen LogP contribution in [-0.2, 0) is 4.79 Å². The Kier molecular flexibility index (Phi) is 2.18. The summed E-state index contributed by atoms with van der Waals surface area (Å²) in [5.74, 6) is 0. The lowest BCUT2D eigenvalue weighted by Gasteiger charge is -2.31. The van der Waals surface area contributed by atoms with Gasteiger partial charge < -0.3 is 10.0 Å². The van der Waals surface area contributed by atoms with Gasteiger partial charge in [-0.2, -0.15) is 0 Å². The molecule has 1 heterocycles. The van der Waals surface area contributed by atoms with Gasteiger partial charge in [-0.1, -0.05) is 0 Å². The molecule has 1 amide bonds. The van der Waals surface area contributed by atoms with Gasteiger partial charge in [-0.25, -0.2) is 0 Å². The summed E-state index contributed by atoms with van der Waals surface area (Å²) in [6.45, 7) is 4.29. The molecule has 1 rings (SSSR count). The Morgan fingerprint density at radius 3 is 2.64 bits per heavy atom. The minimum absolute atomic E-state index is 0.0139. The molecule has 0 aromatic heterocycles. The van der Waals surface area contributed by atoms with Crippen molar-refractivity contribution in [2.75, 3.05) is 6.54 Å². The van der Waals surface area contributed by atoms with Crippen LogP contribution in [0.5, 0.6) is 0 Å². The van der Waals surface area contributed by atoms with Crippen molar-refractivity contribution >= 4 is 6.41 Å². The van der Waals surface area contributed by atoms with Crippen LogP contribution in [0.4, 0.5) is 0 Å². The highest BCUT2D eigenvalue weighted by Crippen LogP contribution is 2.24. The molecular weight excluding hydrogens is 142 g/mol. The fourth-order valence-corrected chi connectivity index (χ4v) is 1.67. The third kappa shape index (κ3) is 1.71. The third-order valence-corrected chi connectivity index (χ3v) is 2.25. The average Bonchev–Trinajstić information content (AvgIpc) is 2.31. The first-order chi connectivity index (χ1) is 5.05. The molecule has 0 aliphatic carbocycles. The molecule has 1 aliphatic rings. The number of carbonyl (C=O) groups excluding carboxylic acids is 1. The third-order valence-electron chi connectivity index (χ3n) is 2.25. The van der Waals surface area contributed by atoms with Crippen LogP contribution in [0.2, 0.25) is 0 Å². The normalized spacial score (nSPS) is 25.7. The summed E-state index contributed by atoms with van der Waals surface area (Å²) >= 11 is 0. The van der Waals surface area contributed by atoms with Gasteiger partial charge in [-0.15, -0.1) is 0 Å². The number of likely N-dealkylation sites (tertiary alicyclic amines) is 1. The molecular formula is C8H15NO2. The summed E-state index contributed by atoms with van der Waals surface area (Å²) in [7, 11) is 0. The minimum atomic E-state index is -0.753. The van der Waals surface area contributed by atoms with Crippen LogP contribution in [0.25, 0.3) is 0 Å². The van der Waals surface area contributed by atoms with E-state index in [2.05, 4.69) is 0 Å². The summed E-state index contributed by atoms with van der Waals surface area (Å²) in [4.78, 5) is 12.2. The van der Waals surface area contributed by atoms with E-state index in [0.29, 0.717) is 0 Å². The Balaban J connectivity index is 2.63. The molecule has 1 unspecified atom stereocenters. The van der Waals surface area contributed by atoms with E-state index in [9.17, 15) is 9.90 Å². The molecule has 0 aromatic rings. The second-order valence-electron chi connectivity index (χ2n) is 3.65. The van der Waals surface area contributed by atoms with Gasteiger partial charge in [-0.05, 0) is 26.7 Å². The van der Waals surface area contributed by atoms with E-state index in [1.165, 1.54) is 0 Å². The smallest absolute Gasteiger partial charge is 0.210 e. The molecule has 1 saturated heterocycles. The lowest BCUT2D eigenvalue weighted by molar-refractivity contribution is -0.123. The number of carbonyl (C=O) groups is 1. The van der Waals surface area contributed by atoms with Gasteiger partial charge in [0.05, 0.1) is 11.6 Å². The van der Waals surface area contributed by atoms with Crippen LogP contribution < -0.4 is 0 Å². The Hall–Kier alpha value is -0.570. The largest absolute Gasteiger partial charge is 0.388 e. The van der Waals surface area contributed by atoms with E-state index in [-0.39, 0.29) is 6.04 Å². The number of hydrogen-bond donors (Lipinski definition) is 1. The predicted octanol–water partition coefficient (Wildman–Crippen LogP) is 0.378. The zero-order valence-corrected chi connectivity index (χ0v) is 7.08. The van der Waals surface area contributed by atoms with Crippen molar-refractivity contribution in [1.82, 2.24) is 4.90 Å². The molecule has 0 spiro atoms. The number of amides is 1. The molecule has 0 radical (unpaired) electrons. The topological polar surface area (TPSA) is 40.5 Å². The summed E-state index contributed by atoms with van der Waals surface area (Å²) in [6, 6.07) is 0.0139. The summed E-state index contributed by atoms with van der Waals surface area (Å²) < 4.78 is 0. The summed E-state index contributed by atoms with van der Waals surface area (Å²) in [5, 5.41) is 9.62. The predicted molar refractivity (Wildman–Crippen MR) is 42.1 cm³/mol. The molecule has 3 heteroatoms. The van der Waals surface area contributed by atoms with E-state index in [1.54, 1.807) is 18.7 Å². The van der Waals surface area contributed by atoms with Gasteiger partial charge in [0.25, 0.3) is 0 Å². The molecule has 0 aromatic carbocycles. The molecule has 11 heavy (non-hydrogen) atoms. The van der Waals surface area contributed by atoms with Gasteiger partial charge in [-0.3, -0.25) is 4.79 Å². The van der Waals surface area contributed by atoms with Crippen LogP contribution in [0.15, 0.2) is 0 Å². The first kappa shape index (κ1) is 8.53. The second kappa shape index (κ2) is 2.81. The maximum Gasteiger partial charge on any atom is 0.210 e. The fraction of sp³-hybridized carbons (Fsp3) is 0.875. The maximum absolute atomic E-state index is 10.5. The monoisotopic (exact) mass is 157 g/mol. The number of rotatable bonds is 2. The average molecular weight is 157 g/mol. The SMILES string of the molecule is CC(C)(O)C1CCCN1C=O. The van der Waals surface area contributed by atoms with Crippen LogP contribution in [0.3, 0.4) is 0 Å². The van der Waals surface area contributed by atoms with E-state index in [0.717, 1.165) is 25.8 Å². The number of hydrogen-bond acceptors (Lipinski definition) is 2. The Labute approximate surface area is 67.0 Å². The molecule has 1 atom stereocenters. The minimum Gasteiger partial charge on any atom is -0.388 e. The van der Waals surface area contributed by atoms with Crippen LogP contribution in [-0.4, -0.2) is 34.6 Å². The van der Waals surface area contributed by atoms with Crippen LogP contribution >= 0.6 is 0 Å². The van der Waals surface area contributed by atoms with Crippen molar-refractivity contribution in [3.63, 3.8) is 0 Å². The Bertz CT molecular complexity index is 151. The standard InChI is InChI=1S/C8H15NO2/c1-8(2,11)7-4-3-5-9(7)6-10/h6-7,11H,3-5H2,1-2H3. The molecule has 64 valence electrons.